The minimum absolute atomic E-state index is 0.157. The highest BCUT2D eigenvalue weighted by atomic mass is 32.1. The van der Waals surface area contributed by atoms with Gasteiger partial charge in [-0.1, -0.05) is 24.3 Å². The van der Waals surface area contributed by atoms with E-state index in [2.05, 4.69) is 4.99 Å². The number of aromatic hydroxyl groups is 1. The Bertz CT molecular complexity index is 1470. The molecule has 0 saturated carbocycles. The summed E-state index contributed by atoms with van der Waals surface area (Å²) in [6.45, 7) is 0. The number of para-hydroxylation sites is 1. The van der Waals surface area contributed by atoms with E-state index in [9.17, 15) is 27.9 Å². The van der Waals surface area contributed by atoms with Gasteiger partial charge in [-0.2, -0.15) is 13.2 Å². The Balaban J connectivity index is 1.50. The number of aliphatic imine (C=N–C) groups is 1. The second-order valence-corrected chi connectivity index (χ2v) is 9.31. The molecule has 0 bridgehead atoms. The van der Waals surface area contributed by atoms with Crippen LogP contribution in [0.3, 0.4) is 0 Å². The van der Waals surface area contributed by atoms with Gasteiger partial charge in [0.05, 0.1) is 28.2 Å². The van der Waals surface area contributed by atoms with Crippen LogP contribution in [0.1, 0.15) is 28.5 Å². The van der Waals surface area contributed by atoms with Crippen LogP contribution in [-0.2, 0) is 15.8 Å². The lowest BCUT2D eigenvalue weighted by molar-refractivity contribution is -0.137. The third-order valence-corrected chi connectivity index (χ3v) is 6.89. The lowest BCUT2D eigenvalue weighted by Crippen LogP contribution is -2.31. The number of aromatic nitrogens is 1. The first-order valence-electron chi connectivity index (χ1n) is 9.98. The molecule has 1 N–H and O–H groups in total. The van der Waals surface area contributed by atoms with Gasteiger partial charge in [0.15, 0.2) is 3.95 Å². The van der Waals surface area contributed by atoms with Gasteiger partial charge in [0.1, 0.15) is 6.04 Å². The highest BCUT2D eigenvalue weighted by molar-refractivity contribution is 7.73. The molecule has 2 amide bonds. The quantitative estimate of drug-likeness (QED) is 0.366. The fraction of sp³-hybridized carbons (Fsp3) is 0.130. The minimum atomic E-state index is -4.63. The molecule has 2 aromatic carbocycles. The van der Waals surface area contributed by atoms with Crippen LogP contribution in [-0.4, -0.2) is 27.7 Å². The van der Waals surface area contributed by atoms with Crippen LogP contribution in [0.4, 0.5) is 24.5 Å². The molecule has 1 saturated heterocycles. The number of imide groups is 1. The second kappa shape index (κ2) is 8.03. The van der Waals surface area contributed by atoms with Gasteiger partial charge >= 0.3 is 6.18 Å². The first-order chi connectivity index (χ1) is 16.1. The Morgan fingerprint density at radius 1 is 1.15 bits per heavy atom. The molecule has 2 aliphatic heterocycles. The molecule has 0 aliphatic carbocycles. The maximum atomic E-state index is 13.1. The third-order valence-electron chi connectivity index (χ3n) is 5.55. The average molecular weight is 502 g/mol. The van der Waals surface area contributed by atoms with E-state index < -0.39 is 29.6 Å². The summed E-state index contributed by atoms with van der Waals surface area (Å²) in [7, 11) is 0. The van der Waals surface area contributed by atoms with Gasteiger partial charge in [-0.15, -0.1) is 11.3 Å². The standard InChI is InChI=1S/C23H14F3N3O3S2/c24-23(25,26)13-4-3-5-14(9-13)28-19(30)10-17(20(28)31)29-21(32)18(34-22(29)33)8-12-11-27-16-7-2-1-6-15(12)16/h1-9,11,17,32H,10H2/t17-/m0/s1. The molecule has 3 heterocycles. The first-order valence-corrected chi connectivity index (χ1v) is 11.2. The van der Waals surface area contributed by atoms with Crippen molar-refractivity contribution in [3.05, 3.63) is 68.5 Å². The van der Waals surface area contributed by atoms with E-state index in [1.54, 1.807) is 12.3 Å². The number of anilines is 1. The highest BCUT2D eigenvalue weighted by Gasteiger charge is 2.43. The topological polar surface area (TPSA) is 74.9 Å². The lowest BCUT2D eigenvalue weighted by atomic mass is 10.1. The molecule has 2 aliphatic rings. The van der Waals surface area contributed by atoms with E-state index >= 15 is 0 Å². The molecule has 34 heavy (non-hydrogen) atoms. The zero-order valence-corrected chi connectivity index (χ0v) is 18.7. The Morgan fingerprint density at radius 2 is 1.91 bits per heavy atom. The minimum Gasteiger partial charge on any atom is -0.493 e. The number of thiazole rings is 1. The number of nitrogens with zero attached hydrogens (tertiary/aromatic N) is 3. The molecule has 0 radical (unpaired) electrons. The van der Waals surface area contributed by atoms with Gasteiger partial charge in [-0.05, 0) is 42.6 Å². The van der Waals surface area contributed by atoms with Crippen LogP contribution in [0.25, 0.3) is 11.6 Å². The predicted octanol–water partition coefficient (Wildman–Crippen LogP) is 5.76. The predicted molar refractivity (Wildman–Crippen MR) is 125 cm³/mol. The van der Waals surface area contributed by atoms with Crippen molar-refractivity contribution in [2.24, 2.45) is 4.99 Å². The van der Waals surface area contributed by atoms with Crippen molar-refractivity contribution in [1.29, 1.82) is 0 Å². The van der Waals surface area contributed by atoms with Crippen LogP contribution in [0.15, 0.2) is 53.5 Å². The normalized spacial score (nSPS) is 18.9. The SMILES string of the molecule is O=C1C[C@H](n2c(O)c(C=C3C=Nc4ccccc43)sc2=S)C(=O)N1c1cccc(C(F)(F)F)c1. The number of hydrogen-bond donors (Lipinski definition) is 1. The maximum absolute atomic E-state index is 13.1. The number of fused-ring (bicyclic) bond motifs is 1. The molecule has 6 nitrogen and oxygen atoms in total. The van der Waals surface area contributed by atoms with Gasteiger partial charge in [-0.25, -0.2) is 4.90 Å². The van der Waals surface area contributed by atoms with Crippen LogP contribution in [0, 0.1) is 3.95 Å². The number of carbonyl (C=O) groups is 2. The molecular formula is C23H14F3N3O3S2. The lowest BCUT2D eigenvalue weighted by Gasteiger charge is -2.17. The molecule has 11 heteroatoms. The van der Waals surface area contributed by atoms with Crippen molar-refractivity contribution >= 4 is 64.6 Å². The van der Waals surface area contributed by atoms with Crippen molar-refractivity contribution in [1.82, 2.24) is 4.57 Å². The number of benzene rings is 2. The number of allylic oxidation sites excluding steroid dienone is 1. The van der Waals surface area contributed by atoms with Crippen molar-refractivity contribution in [3.8, 4) is 5.88 Å². The van der Waals surface area contributed by atoms with Gasteiger partial charge in [0.25, 0.3) is 5.91 Å². The van der Waals surface area contributed by atoms with Crippen molar-refractivity contribution in [2.45, 2.75) is 18.6 Å². The van der Waals surface area contributed by atoms with Crippen LogP contribution in [0.2, 0.25) is 0 Å². The largest absolute Gasteiger partial charge is 0.493 e. The Kier molecular flexibility index (Phi) is 5.25. The van der Waals surface area contributed by atoms with E-state index in [0.29, 0.717) is 9.78 Å². The molecule has 1 aromatic heterocycles. The third kappa shape index (κ3) is 3.66. The zero-order valence-electron chi connectivity index (χ0n) is 17.1. The van der Waals surface area contributed by atoms with Crippen molar-refractivity contribution in [2.75, 3.05) is 4.90 Å². The van der Waals surface area contributed by atoms with E-state index in [1.165, 1.54) is 10.6 Å². The number of carbonyl (C=O) groups excluding carboxylic acids is 2. The summed E-state index contributed by atoms with van der Waals surface area (Å²) >= 11 is 6.41. The van der Waals surface area contributed by atoms with Crippen molar-refractivity contribution in [3.63, 3.8) is 0 Å². The summed E-state index contributed by atoms with van der Waals surface area (Å²) in [5, 5.41) is 10.9. The molecule has 0 unspecified atom stereocenters. The number of halogens is 3. The fourth-order valence-corrected chi connectivity index (χ4v) is 5.33. The molecule has 172 valence electrons. The van der Waals surface area contributed by atoms with Gasteiger partial charge in [0, 0.05) is 17.4 Å². The highest BCUT2D eigenvalue weighted by Crippen LogP contribution is 2.40. The summed E-state index contributed by atoms with van der Waals surface area (Å²) in [6, 6.07) is 10.3. The van der Waals surface area contributed by atoms with E-state index in [4.69, 9.17) is 12.2 Å². The van der Waals surface area contributed by atoms with Crippen LogP contribution in [0.5, 0.6) is 5.88 Å². The Morgan fingerprint density at radius 3 is 2.68 bits per heavy atom. The smallest absolute Gasteiger partial charge is 0.416 e. The van der Waals surface area contributed by atoms with Crippen molar-refractivity contribution < 1.29 is 27.9 Å². The fourth-order valence-electron chi connectivity index (χ4n) is 3.97. The summed E-state index contributed by atoms with van der Waals surface area (Å²) in [4.78, 5) is 31.2. The molecule has 3 aromatic rings. The number of rotatable bonds is 3. The van der Waals surface area contributed by atoms with Gasteiger partial charge in [-0.3, -0.25) is 19.1 Å². The average Bonchev–Trinajstić information content (AvgIpc) is 3.41. The Hall–Kier alpha value is -3.57. The van der Waals surface area contributed by atoms with E-state index in [1.807, 2.05) is 24.3 Å². The summed E-state index contributed by atoms with van der Waals surface area (Å²) < 4.78 is 40.7. The summed E-state index contributed by atoms with van der Waals surface area (Å²) in [5.74, 6) is -1.74. The van der Waals surface area contributed by atoms with Crippen LogP contribution >= 0.6 is 23.6 Å². The Labute approximate surface area is 199 Å². The number of alkyl halides is 3. The van der Waals surface area contributed by atoms with Gasteiger partial charge < -0.3 is 5.11 Å². The maximum Gasteiger partial charge on any atom is 0.416 e. The van der Waals surface area contributed by atoms with Crippen LogP contribution < -0.4 is 4.90 Å². The second-order valence-electron chi connectivity index (χ2n) is 7.64. The zero-order chi connectivity index (χ0) is 24.2. The summed E-state index contributed by atoms with van der Waals surface area (Å²) in [5.41, 5.74) is 1.24. The van der Waals surface area contributed by atoms with E-state index in [0.717, 1.165) is 46.4 Å². The first kappa shape index (κ1) is 22.2. The molecule has 5 rings (SSSR count). The monoisotopic (exact) mass is 501 g/mol. The molecule has 1 atom stereocenters. The van der Waals surface area contributed by atoms with E-state index in [-0.39, 0.29) is 21.9 Å². The summed E-state index contributed by atoms with van der Waals surface area (Å²) in [6.07, 6.45) is -1.63. The molecule has 0 spiro atoms. The van der Waals surface area contributed by atoms with Gasteiger partial charge in [0.2, 0.25) is 11.8 Å². The molecular weight excluding hydrogens is 487 g/mol. The number of amides is 2. The number of hydrogen-bond acceptors (Lipinski definition) is 6. The molecule has 1 fully saturated rings.